The van der Waals surface area contributed by atoms with Gasteiger partial charge in [-0.3, -0.25) is 4.79 Å². The van der Waals surface area contributed by atoms with Gasteiger partial charge >= 0.3 is 0 Å². The number of nitrogens with zero attached hydrogens (tertiary/aromatic N) is 2. The van der Waals surface area contributed by atoms with Crippen LogP contribution in [0.3, 0.4) is 0 Å². The molecule has 1 heterocycles. The van der Waals surface area contributed by atoms with Crippen LogP contribution in [0, 0.1) is 0 Å². The van der Waals surface area contributed by atoms with Crippen molar-refractivity contribution in [1.82, 2.24) is 9.55 Å². The largest absolute Gasteiger partial charge is 0.328 e. The maximum Gasteiger partial charge on any atom is 0.157 e. The van der Waals surface area contributed by atoms with Gasteiger partial charge in [0.2, 0.25) is 0 Å². The van der Waals surface area contributed by atoms with Gasteiger partial charge < -0.3 is 10.3 Å². The Morgan fingerprint density at radius 3 is 2.95 bits per heavy atom. The summed E-state index contributed by atoms with van der Waals surface area (Å²) in [6.45, 7) is 6.44. The number of carbonyl (C=O) groups excluding carboxylic acids is 1. The van der Waals surface area contributed by atoms with Crippen LogP contribution in [0.15, 0.2) is 36.9 Å². The standard InChI is InChI=1S/C15H19N3O/c1-3-7-11(16)14(19)10-15-17-12-8-5-6-9-13(12)18(15)4-2/h3,5-6,8-9,11H,1,4,7,10,16H2,2H3. The van der Waals surface area contributed by atoms with Crippen LogP contribution in [0.2, 0.25) is 0 Å². The molecule has 1 atom stereocenters. The summed E-state index contributed by atoms with van der Waals surface area (Å²) < 4.78 is 2.06. The zero-order valence-electron chi connectivity index (χ0n) is 11.2. The first-order valence-electron chi connectivity index (χ1n) is 6.50. The van der Waals surface area contributed by atoms with Crippen molar-refractivity contribution in [3.8, 4) is 0 Å². The molecule has 0 spiro atoms. The molecule has 0 bridgehead atoms. The van der Waals surface area contributed by atoms with Crippen molar-refractivity contribution in [3.63, 3.8) is 0 Å². The number of ketones is 1. The van der Waals surface area contributed by atoms with Crippen molar-refractivity contribution in [2.45, 2.75) is 32.4 Å². The lowest BCUT2D eigenvalue weighted by Gasteiger charge is -2.09. The second-order valence-electron chi connectivity index (χ2n) is 4.53. The number of para-hydroxylation sites is 2. The Morgan fingerprint density at radius 2 is 2.26 bits per heavy atom. The molecule has 0 aliphatic carbocycles. The molecule has 0 saturated heterocycles. The van der Waals surface area contributed by atoms with Gasteiger partial charge in [0.25, 0.3) is 0 Å². The highest BCUT2D eigenvalue weighted by atomic mass is 16.1. The van der Waals surface area contributed by atoms with E-state index >= 15 is 0 Å². The van der Waals surface area contributed by atoms with Gasteiger partial charge in [0.05, 0.1) is 23.5 Å². The average Bonchev–Trinajstić information content (AvgIpc) is 2.75. The van der Waals surface area contributed by atoms with Crippen LogP contribution in [-0.4, -0.2) is 21.4 Å². The number of aryl methyl sites for hydroxylation is 1. The molecule has 0 fully saturated rings. The first-order chi connectivity index (χ1) is 9.17. The summed E-state index contributed by atoms with van der Waals surface area (Å²) in [6.07, 6.45) is 2.45. The molecule has 2 N–H and O–H groups in total. The molecular formula is C15H19N3O. The lowest BCUT2D eigenvalue weighted by atomic mass is 10.1. The van der Waals surface area contributed by atoms with Crippen LogP contribution < -0.4 is 5.73 Å². The lowest BCUT2D eigenvalue weighted by Crippen LogP contribution is -2.31. The Hall–Kier alpha value is -1.94. The second-order valence-corrected chi connectivity index (χ2v) is 4.53. The zero-order valence-corrected chi connectivity index (χ0v) is 11.2. The Labute approximate surface area is 112 Å². The van der Waals surface area contributed by atoms with E-state index in [9.17, 15) is 4.79 Å². The molecule has 0 amide bonds. The minimum Gasteiger partial charge on any atom is -0.328 e. The molecule has 0 radical (unpaired) electrons. The summed E-state index contributed by atoms with van der Waals surface area (Å²) in [5, 5.41) is 0. The molecule has 4 nitrogen and oxygen atoms in total. The van der Waals surface area contributed by atoms with E-state index in [-0.39, 0.29) is 12.2 Å². The van der Waals surface area contributed by atoms with E-state index < -0.39 is 6.04 Å². The molecule has 1 aromatic heterocycles. The van der Waals surface area contributed by atoms with E-state index in [1.807, 2.05) is 31.2 Å². The van der Waals surface area contributed by atoms with Gasteiger partial charge in [-0.2, -0.15) is 0 Å². The van der Waals surface area contributed by atoms with E-state index in [0.29, 0.717) is 6.42 Å². The monoisotopic (exact) mass is 257 g/mol. The van der Waals surface area contributed by atoms with E-state index in [1.165, 1.54) is 0 Å². The molecule has 1 unspecified atom stereocenters. The summed E-state index contributed by atoms with van der Waals surface area (Å²) in [7, 11) is 0. The normalized spacial score (nSPS) is 12.5. The fourth-order valence-electron chi connectivity index (χ4n) is 2.21. The number of carbonyl (C=O) groups is 1. The Balaban J connectivity index is 2.29. The summed E-state index contributed by atoms with van der Waals surface area (Å²) >= 11 is 0. The smallest absolute Gasteiger partial charge is 0.157 e. The SMILES string of the molecule is C=CCC(N)C(=O)Cc1nc2ccccc2n1CC. The van der Waals surface area contributed by atoms with E-state index in [4.69, 9.17) is 5.73 Å². The number of Topliss-reactive ketones (excluding diaryl/α,β-unsaturated/α-hetero) is 1. The molecule has 0 aliphatic rings. The first kappa shape index (κ1) is 13.5. The van der Waals surface area contributed by atoms with Crippen LogP contribution in [-0.2, 0) is 17.8 Å². The maximum absolute atomic E-state index is 12.0. The number of aromatic nitrogens is 2. The van der Waals surface area contributed by atoms with Crippen molar-refractivity contribution in [2.24, 2.45) is 5.73 Å². The summed E-state index contributed by atoms with van der Waals surface area (Å²) in [5.74, 6) is 0.790. The van der Waals surface area contributed by atoms with Crippen LogP contribution in [0.1, 0.15) is 19.2 Å². The number of benzene rings is 1. The van der Waals surface area contributed by atoms with Gasteiger partial charge in [-0.1, -0.05) is 18.2 Å². The van der Waals surface area contributed by atoms with Crippen molar-refractivity contribution in [3.05, 3.63) is 42.7 Å². The van der Waals surface area contributed by atoms with Gasteiger partial charge in [-0.05, 0) is 25.5 Å². The van der Waals surface area contributed by atoms with Crippen molar-refractivity contribution in [1.29, 1.82) is 0 Å². The molecule has 1 aromatic carbocycles. The molecule has 2 aromatic rings. The predicted octanol–water partition coefficient (Wildman–Crippen LogP) is 2.07. The van der Waals surface area contributed by atoms with Crippen molar-refractivity contribution in [2.75, 3.05) is 0 Å². The van der Waals surface area contributed by atoms with Crippen LogP contribution in [0.5, 0.6) is 0 Å². The van der Waals surface area contributed by atoms with Gasteiger partial charge in [-0.15, -0.1) is 6.58 Å². The molecule has 100 valence electrons. The molecular weight excluding hydrogens is 238 g/mol. The highest BCUT2D eigenvalue weighted by Crippen LogP contribution is 2.16. The molecule has 2 rings (SSSR count). The number of imidazole rings is 1. The third kappa shape index (κ3) is 2.74. The van der Waals surface area contributed by atoms with Crippen LogP contribution in [0.25, 0.3) is 11.0 Å². The quantitative estimate of drug-likeness (QED) is 0.806. The third-order valence-electron chi connectivity index (χ3n) is 3.22. The first-order valence-corrected chi connectivity index (χ1v) is 6.50. The van der Waals surface area contributed by atoms with Gasteiger partial charge in [0.15, 0.2) is 5.78 Å². The summed E-state index contributed by atoms with van der Waals surface area (Å²) in [6, 6.07) is 7.42. The second kappa shape index (κ2) is 5.80. The molecule has 0 aliphatic heterocycles. The predicted molar refractivity (Wildman–Crippen MR) is 76.9 cm³/mol. The number of hydrogen-bond donors (Lipinski definition) is 1. The highest BCUT2D eigenvalue weighted by molar-refractivity contribution is 5.86. The van der Waals surface area contributed by atoms with Crippen LogP contribution in [0.4, 0.5) is 0 Å². The zero-order chi connectivity index (χ0) is 13.8. The summed E-state index contributed by atoms with van der Waals surface area (Å²) in [4.78, 5) is 16.5. The number of fused-ring (bicyclic) bond motifs is 1. The van der Waals surface area contributed by atoms with E-state index in [1.54, 1.807) is 6.08 Å². The lowest BCUT2D eigenvalue weighted by molar-refractivity contribution is -0.119. The Kier molecular flexibility index (Phi) is 4.12. The fraction of sp³-hybridized carbons (Fsp3) is 0.333. The minimum atomic E-state index is -0.484. The van der Waals surface area contributed by atoms with Gasteiger partial charge in [0, 0.05) is 6.54 Å². The Morgan fingerprint density at radius 1 is 1.53 bits per heavy atom. The molecule has 4 heteroatoms. The minimum absolute atomic E-state index is 0.00454. The molecule has 0 saturated carbocycles. The molecule has 19 heavy (non-hydrogen) atoms. The highest BCUT2D eigenvalue weighted by Gasteiger charge is 2.17. The number of nitrogens with two attached hydrogens (primary N) is 1. The van der Waals surface area contributed by atoms with Crippen molar-refractivity contribution >= 4 is 16.8 Å². The number of hydrogen-bond acceptors (Lipinski definition) is 3. The van der Waals surface area contributed by atoms with E-state index in [0.717, 1.165) is 23.4 Å². The third-order valence-corrected chi connectivity index (χ3v) is 3.22. The van der Waals surface area contributed by atoms with Gasteiger partial charge in [0.1, 0.15) is 5.82 Å². The van der Waals surface area contributed by atoms with Crippen molar-refractivity contribution < 1.29 is 4.79 Å². The maximum atomic E-state index is 12.0. The van der Waals surface area contributed by atoms with Crippen LogP contribution >= 0.6 is 0 Å². The average molecular weight is 257 g/mol. The fourth-order valence-corrected chi connectivity index (χ4v) is 2.21. The van der Waals surface area contributed by atoms with E-state index in [2.05, 4.69) is 16.1 Å². The number of rotatable bonds is 6. The van der Waals surface area contributed by atoms with Gasteiger partial charge in [-0.25, -0.2) is 4.98 Å². The topological polar surface area (TPSA) is 60.9 Å². The summed E-state index contributed by atoms with van der Waals surface area (Å²) in [5.41, 5.74) is 7.78. The Bertz CT molecular complexity index is 600.